The maximum atomic E-state index is 12.5. The zero-order valence-corrected chi connectivity index (χ0v) is 15.8. The molecule has 3 rings (SSSR count). The molecule has 26 heavy (non-hydrogen) atoms. The van der Waals surface area contributed by atoms with Crippen LogP contribution in [0.3, 0.4) is 0 Å². The van der Waals surface area contributed by atoms with Crippen molar-refractivity contribution in [2.75, 3.05) is 37.6 Å². The Morgan fingerprint density at radius 3 is 2.65 bits per heavy atom. The molecule has 1 aromatic rings. The third kappa shape index (κ3) is 4.79. The minimum Gasteiger partial charge on any atom is -0.506 e. The Kier molecular flexibility index (Phi) is 6.56. The van der Waals surface area contributed by atoms with E-state index in [9.17, 15) is 9.90 Å². The molecule has 5 heteroatoms. The van der Waals surface area contributed by atoms with Crippen LogP contribution in [0.5, 0.6) is 5.75 Å². The molecule has 142 valence electrons. The second-order valence-corrected chi connectivity index (χ2v) is 7.34. The van der Waals surface area contributed by atoms with Gasteiger partial charge in [0.1, 0.15) is 5.75 Å². The van der Waals surface area contributed by atoms with Gasteiger partial charge in [0.2, 0.25) is 5.91 Å². The van der Waals surface area contributed by atoms with Gasteiger partial charge in [-0.25, -0.2) is 0 Å². The van der Waals surface area contributed by atoms with Crippen molar-refractivity contribution >= 4 is 11.6 Å². The highest BCUT2D eigenvalue weighted by atomic mass is 16.3. The molecule has 0 spiro atoms. The standard InChI is InChI=1S/C21H31N3O2/c1-17(21(26)22-12-11-18-7-3-2-4-8-18)23-13-15-24(16-14-23)19-9-5-6-10-20(19)25/h5-7,9-10,17,25H,2-4,8,11-16H2,1H3,(H,22,26)/t17-/m0/s1. The van der Waals surface area contributed by atoms with Crippen LogP contribution in [-0.2, 0) is 4.79 Å². The van der Waals surface area contributed by atoms with Gasteiger partial charge in [0, 0.05) is 32.7 Å². The first-order valence-corrected chi connectivity index (χ1v) is 9.88. The minimum atomic E-state index is -0.109. The van der Waals surface area contributed by atoms with Gasteiger partial charge in [-0.05, 0) is 51.2 Å². The van der Waals surface area contributed by atoms with Gasteiger partial charge in [-0.2, -0.15) is 0 Å². The number of benzene rings is 1. The lowest BCUT2D eigenvalue weighted by atomic mass is 9.97. The first kappa shape index (κ1) is 18.8. The lowest BCUT2D eigenvalue weighted by Crippen LogP contribution is -2.54. The molecule has 0 bridgehead atoms. The number of hydrogen-bond acceptors (Lipinski definition) is 4. The Labute approximate surface area is 156 Å². The monoisotopic (exact) mass is 357 g/mol. The Bertz CT molecular complexity index is 636. The summed E-state index contributed by atoms with van der Waals surface area (Å²) in [5, 5.41) is 13.1. The quantitative estimate of drug-likeness (QED) is 0.769. The second kappa shape index (κ2) is 9.08. The van der Waals surface area contributed by atoms with Crippen LogP contribution in [0, 0.1) is 0 Å². The van der Waals surface area contributed by atoms with Gasteiger partial charge in [-0.1, -0.05) is 23.8 Å². The SMILES string of the molecule is C[C@@H](C(=O)NCCC1=CCCCC1)N1CCN(c2ccccc2O)CC1. The maximum absolute atomic E-state index is 12.5. The zero-order chi connectivity index (χ0) is 18.4. The van der Waals surface area contributed by atoms with Crippen molar-refractivity contribution in [2.45, 2.75) is 45.1 Å². The molecule has 0 unspecified atom stereocenters. The molecule has 1 aliphatic heterocycles. The summed E-state index contributed by atoms with van der Waals surface area (Å²) in [6.07, 6.45) is 8.31. The molecule has 2 aliphatic rings. The van der Waals surface area contributed by atoms with Crippen LogP contribution in [0.25, 0.3) is 0 Å². The van der Waals surface area contributed by atoms with Crippen molar-refractivity contribution in [3.63, 3.8) is 0 Å². The third-order valence-electron chi connectivity index (χ3n) is 5.59. The fraction of sp³-hybridized carbons (Fsp3) is 0.571. The summed E-state index contributed by atoms with van der Waals surface area (Å²) < 4.78 is 0. The fourth-order valence-corrected chi connectivity index (χ4v) is 3.87. The number of phenols is 1. The summed E-state index contributed by atoms with van der Waals surface area (Å²) in [4.78, 5) is 16.9. The Balaban J connectivity index is 1.42. The lowest BCUT2D eigenvalue weighted by Gasteiger charge is -2.38. The second-order valence-electron chi connectivity index (χ2n) is 7.34. The van der Waals surface area contributed by atoms with E-state index >= 15 is 0 Å². The Morgan fingerprint density at radius 2 is 1.96 bits per heavy atom. The van der Waals surface area contributed by atoms with Crippen LogP contribution in [0.4, 0.5) is 5.69 Å². The molecule has 0 saturated carbocycles. The summed E-state index contributed by atoms with van der Waals surface area (Å²) in [6, 6.07) is 7.34. The Hall–Kier alpha value is -2.01. The molecule has 0 radical (unpaired) electrons. The normalized spacial score (nSPS) is 19.7. The molecule has 2 N–H and O–H groups in total. The number of carbonyl (C=O) groups is 1. The molecule has 5 nitrogen and oxygen atoms in total. The lowest BCUT2D eigenvalue weighted by molar-refractivity contribution is -0.126. The van der Waals surface area contributed by atoms with Gasteiger partial charge in [-0.3, -0.25) is 9.69 Å². The maximum Gasteiger partial charge on any atom is 0.237 e. The average Bonchev–Trinajstić information content (AvgIpc) is 2.69. The number of piperazine rings is 1. The fourth-order valence-electron chi connectivity index (χ4n) is 3.87. The smallest absolute Gasteiger partial charge is 0.237 e. The molecule has 1 heterocycles. The van der Waals surface area contributed by atoms with E-state index in [2.05, 4.69) is 21.2 Å². The molecule has 1 saturated heterocycles. The van der Waals surface area contributed by atoms with Crippen molar-refractivity contribution in [3.8, 4) is 5.75 Å². The van der Waals surface area contributed by atoms with E-state index in [1.165, 1.54) is 31.3 Å². The van der Waals surface area contributed by atoms with Crippen molar-refractivity contribution in [1.29, 1.82) is 0 Å². The van der Waals surface area contributed by atoms with E-state index in [1.54, 1.807) is 6.07 Å². The highest BCUT2D eigenvalue weighted by Crippen LogP contribution is 2.27. The average molecular weight is 357 g/mol. The van der Waals surface area contributed by atoms with Crippen LogP contribution >= 0.6 is 0 Å². The number of anilines is 1. The number of nitrogens with one attached hydrogen (secondary N) is 1. The van der Waals surface area contributed by atoms with E-state index in [0.29, 0.717) is 5.75 Å². The highest BCUT2D eigenvalue weighted by Gasteiger charge is 2.26. The number of aromatic hydroxyl groups is 1. The van der Waals surface area contributed by atoms with E-state index in [-0.39, 0.29) is 11.9 Å². The molecule has 0 aromatic heterocycles. The predicted octanol–water partition coefficient (Wildman–Crippen LogP) is 2.91. The van der Waals surface area contributed by atoms with E-state index in [4.69, 9.17) is 0 Å². The van der Waals surface area contributed by atoms with E-state index in [1.807, 2.05) is 25.1 Å². The van der Waals surface area contributed by atoms with Crippen molar-refractivity contribution in [3.05, 3.63) is 35.9 Å². The summed E-state index contributed by atoms with van der Waals surface area (Å²) >= 11 is 0. The first-order valence-electron chi connectivity index (χ1n) is 9.88. The van der Waals surface area contributed by atoms with Gasteiger partial charge >= 0.3 is 0 Å². The summed E-state index contributed by atoms with van der Waals surface area (Å²) in [5.74, 6) is 0.446. The predicted molar refractivity (Wildman–Crippen MR) is 106 cm³/mol. The third-order valence-corrected chi connectivity index (χ3v) is 5.59. The Morgan fingerprint density at radius 1 is 1.19 bits per heavy atom. The van der Waals surface area contributed by atoms with E-state index < -0.39 is 0 Å². The number of para-hydroxylation sites is 2. The molecular weight excluding hydrogens is 326 g/mol. The first-order chi connectivity index (χ1) is 12.6. The number of rotatable bonds is 6. The topological polar surface area (TPSA) is 55.8 Å². The largest absolute Gasteiger partial charge is 0.506 e. The number of phenolic OH excluding ortho intramolecular Hbond substituents is 1. The number of allylic oxidation sites excluding steroid dienone is 1. The van der Waals surface area contributed by atoms with Gasteiger partial charge in [-0.15, -0.1) is 0 Å². The molecule has 1 aromatic carbocycles. The van der Waals surface area contributed by atoms with Crippen LogP contribution in [0.2, 0.25) is 0 Å². The summed E-state index contributed by atoms with van der Waals surface area (Å²) in [5.41, 5.74) is 2.38. The molecule has 1 atom stereocenters. The number of amides is 1. The summed E-state index contributed by atoms with van der Waals surface area (Å²) in [7, 11) is 0. The van der Waals surface area contributed by atoms with Crippen LogP contribution in [0.15, 0.2) is 35.9 Å². The van der Waals surface area contributed by atoms with Crippen molar-refractivity contribution < 1.29 is 9.90 Å². The number of nitrogens with zero attached hydrogens (tertiary/aromatic N) is 2. The molecular formula is C21H31N3O2. The van der Waals surface area contributed by atoms with Crippen LogP contribution < -0.4 is 10.2 Å². The minimum absolute atomic E-state index is 0.109. The molecule has 1 fully saturated rings. The number of carbonyl (C=O) groups excluding carboxylic acids is 1. The molecule has 1 aliphatic carbocycles. The highest BCUT2D eigenvalue weighted by molar-refractivity contribution is 5.81. The van der Waals surface area contributed by atoms with E-state index in [0.717, 1.165) is 44.8 Å². The van der Waals surface area contributed by atoms with Crippen LogP contribution in [0.1, 0.15) is 39.0 Å². The number of hydrogen-bond donors (Lipinski definition) is 2. The zero-order valence-electron chi connectivity index (χ0n) is 15.8. The van der Waals surface area contributed by atoms with Crippen molar-refractivity contribution in [2.24, 2.45) is 0 Å². The van der Waals surface area contributed by atoms with Gasteiger partial charge < -0.3 is 15.3 Å². The van der Waals surface area contributed by atoms with Gasteiger partial charge in [0.25, 0.3) is 0 Å². The van der Waals surface area contributed by atoms with Gasteiger partial charge in [0.15, 0.2) is 0 Å². The van der Waals surface area contributed by atoms with Gasteiger partial charge in [0.05, 0.1) is 11.7 Å². The van der Waals surface area contributed by atoms with Crippen LogP contribution in [-0.4, -0.2) is 54.7 Å². The van der Waals surface area contributed by atoms with Crippen molar-refractivity contribution in [1.82, 2.24) is 10.2 Å². The summed E-state index contributed by atoms with van der Waals surface area (Å²) in [6.45, 7) is 6.03. The molecule has 1 amide bonds.